The van der Waals surface area contributed by atoms with Crippen LogP contribution in [0, 0.1) is 0 Å². The quantitative estimate of drug-likeness (QED) is 0.808. The van der Waals surface area contributed by atoms with E-state index in [1.54, 1.807) is 7.05 Å². The van der Waals surface area contributed by atoms with Crippen molar-refractivity contribution in [3.8, 4) is 0 Å². The lowest BCUT2D eigenvalue weighted by atomic mass is 9.97. The second-order valence-corrected chi connectivity index (χ2v) is 4.31. The van der Waals surface area contributed by atoms with Gasteiger partial charge in [-0.25, -0.2) is 4.79 Å². The van der Waals surface area contributed by atoms with Crippen LogP contribution in [0.4, 0.5) is 4.79 Å². The predicted molar refractivity (Wildman–Crippen MR) is 71.3 cm³/mol. The molecule has 0 aromatic heterocycles. The van der Waals surface area contributed by atoms with Crippen LogP contribution in [0.1, 0.15) is 37.3 Å². The monoisotopic (exact) mass is 234 g/mol. The molecule has 1 unspecified atom stereocenters. The highest BCUT2D eigenvalue weighted by Gasteiger charge is 2.02. The molecule has 2 amide bonds. The van der Waals surface area contributed by atoms with Crippen LogP contribution in [-0.4, -0.2) is 19.6 Å². The molecule has 0 radical (unpaired) electrons. The molecule has 94 valence electrons. The molecule has 3 heteroatoms. The third-order valence-corrected chi connectivity index (χ3v) is 3.09. The molecule has 0 saturated heterocycles. The zero-order chi connectivity index (χ0) is 12.7. The van der Waals surface area contributed by atoms with Gasteiger partial charge in [0.1, 0.15) is 0 Å². The van der Waals surface area contributed by atoms with Crippen molar-refractivity contribution in [2.45, 2.75) is 32.6 Å². The summed E-state index contributed by atoms with van der Waals surface area (Å²) in [5.74, 6) is 0.619. The SMILES string of the molecule is CCC(C)c1ccc(CCNC(=O)NC)cc1. The van der Waals surface area contributed by atoms with Gasteiger partial charge in [-0.05, 0) is 29.9 Å². The van der Waals surface area contributed by atoms with Gasteiger partial charge in [0.2, 0.25) is 0 Å². The first kappa shape index (κ1) is 13.6. The molecule has 2 N–H and O–H groups in total. The molecule has 3 nitrogen and oxygen atoms in total. The van der Waals surface area contributed by atoms with E-state index in [0.29, 0.717) is 12.5 Å². The van der Waals surface area contributed by atoms with Crippen LogP contribution in [0.5, 0.6) is 0 Å². The van der Waals surface area contributed by atoms with E-state index in [1.807, 2.05) is 0 Å². The topological polar surface area (TPSA) is 41.1 Å². The minimum atomic E-state index is -0.124. The molecule has 0 bridgehead atoms. The van der Waals surface area contributed by atoms with Gasteiger partial charge in [0, 0.05) is 13.6 Å². The molecule has 0 saturated carbocycles. The Kier molecular flexibility index (Phi) is 5.53. The molecule has 0 aliphatic carbocycles. The number of hydrogen-bond donors (Lipinski definition) is 2. The van der Waals surface area contributed by atoms with E-state index in [2.05, 4.69) is 48.7 Å². The number of hydrogen-bond acceptors (Lipinski definition) is 1. The van der Waals surface area contributed by atoms with E-state index in [0.717, 1.165) is 12.8 Å². The van der Waals surface area contributed by atoms with Crippen LogP contribution in [-0.2, 0) is 6.42 Å². The predicted octanol–water partition coefficient (Wildman–Crippen LogP) is 2.67. The summed E-state index contributed by atoms with van der Waals surface area (Å²) < 4.78 is 0. The first-order chi connectivity index (χ1) is 8.17. The summed E-state index contributed by atoms with van der Waals surface area (Å²) in [5.41, 5.74) is 2.64. The lowest BCUT2D eigenvalue weighted by molar-refractivity contribution is 0.243. The largest absolute Gasteiger partial charge is 0.341 e. The number of carbonyl (C=O) groups is 1. The van der Waals surface area contributed by atoms with Gasteiger partial charge in [-0.1, -0.05) is 38.1 Å². The third kappa shape index (κ3) is 4.47. The van der Waals surface area contributed by atoms with E-state index in [9.17, 15) is 4.79 Å². The van der Waals surface area contributed by atoms with Gasteiger partial charge in [0.15, 0.2) is 0 Å². The second kappa shape index (κ2) is 6.94. The summed E-state index contributed by atoms with van der Waals surface area (Å²) in [7, 11) is 1.62. The maximum Gasteiger partial charge on any atom is 0.314 e. The van der Waals surface area contributed by atoms with Gasteiger partial charge < -0.3 is 10.6 Å². The molecule has 0 aliphatic rings. The van der Waals surface area contributed by atoms with Crippen LogP contribution in [0.15, 0.2) is 24.3 Å². The third-order valence-electron chi connectivity index (χ3n) is 3.09. The summed E-state index contributed by atoms with van der Waals surface area (Å²) in [4.78, 5) is 11.0. The Morgan fingerprint density at radius 1 is 1.29 bits per heavy atom. The van der Waals surface area contributed by atoms with Gasteiger partial charge in [0.05, 0.1) is 0 Å². The Morgan fingerprint density at radius 2 is 1.94 bits per heavy atom. The molecular weight excluding hydrogens is 212 g/mol. The van der Waals surface area contributed by atoms with Gasteiger partial charge in [-0.2, -0.15) is 0 Å². The molecule has 0 heterocycles. The highest BCUT2D eigenvalue weighted by atomic mass is 16.2. The van der Waals surface area contributed by atoms with Crippen molar-refractivity contribution in [2.24, 2.45) is 0 Å². The fourth-order valence-electron chi connectivity index (χ4n) is 1.66. The number of amides is 2. The maximum absolute atomic E-state index is 11.0. The minimum absolute atomic E-state index is 0.124. The Bertz CT molecular complexity index is 346. The summed E-state index contributed by atoms with van der Waals surface area (Å²) in [6.07, 6.45) is 2.03. The smallest absolute Gasteiger partial charge is 0.314 e. The first-order valence-electron chi connectivity index (χ1n) is 6.21. The molecule has 0 aliphatic heterocycles. The van der Waals surface area contributed by atoms with Crippen LogP contribution in [0.2, 0.25) is 0 Å². The van der Waals surface area contributed by atoms with Crippen molar-refractivity contribution in [2.75, 3.05) is 13.6 Å². The Balaban J connectivity index is 2.43. The van der Waals surface area contributed by atoms with Crippen molar-refractivity contribution in [3.63, 3.8) is 0 Å². The zero-order valence-corrected chi connectivity index (χ0v) is 10.9. The lowest BCUT2D eigenvalue weighted by Crippen LogP contribution is -2.33. The Hall–Kier alpha value is -1.51. The average molecular weight is 234 g/mol. The highest BCUT2D eigenvalue weighted by Crippen LogP contribution is 2.18. The number of benzene rings is 1. The normalized spacial score (nSPS) is 11.9. The van der Waals surface area contributed by atoms with Gasteiger partial charge in [0.25, 0.3) is 0 Å². The van der Waals surface area contributed by atoms with Gasteiger partial charge in [-0.15, -0.1) is 0 Å². The van der Waals surface area contributed by atoms with E-state index in [1.165, 1.54) is 11.1 Å². The van der Waals surface area contributed by atoms with Crippen LogP contribution < -0.4 is 10.6 Å². The van der Waals surface area contributed by atoms with Gasteiger partial charge in [-0.3, -0.25) is 0 Å². The fourth-order valence-corrected chi connectivity index (χ4v) is 1.66. The van der Waals surface area contributed by atoms with E-state index in [4.69, 9.17) is 0 Å². The summed E-state index contributed by atoms with van der Waals surface area (Å²) >= 11 is 0. The summed E-state index contributed by atoms with van der Waals surface area (Å²) in [5, 5.41) is 5.31. The van der Waals surface area contributed by atoms with Crippen molar-refractivity contribution in [3.05, 3.63) is 35.4 Å². The number of rotatable bonds is 5. The number of nitrogens with one attached hydrogen (secondary N) is 2. The minimum Gasteiger partial charge on any atom is -0.341 e. The van der Waals surface area contributed by atoms with E-state index >= 15 is 0 Å². The molecule has 1 aromatic carbocycles. The van der Waals surface area contributed by atoms with E-state index < -0.39 is 0 Å². The molecule has 0 fully saturated rings. The fraction of sp³-hybridized carbons (Fsp3) is 0.500. The molecule has 1 rings (SSSR count). The van der Waals surface area contributed by atoms with Crippen molar-refractivity contribution in [1.29, 1.82) is 0 Å². The molecule has 1 aromatic rings. The first-order valence-corrected chi connectivity index (χ1v) is 6.21. The lowest BCUT2D eigenvalue weighted by Gasteiger charge is -2.10. The highest BCUT2D eigenvalue weighted by molar-refractivity contribution is 5.73. The maximum atomic E-state index is 11.0. The van der Waals surface area contributed by atoms with Crippen LogP contribution in [0.25, 0.3) is 0 Å². The van der Waals surface area contributed by atoms with Crippen molar-refractivity contribution >= 4 is 6.03 Å². The standard InChI is InChI=1S/C14H22N2O/c1-4-11(2)13-7-5-12(6-8-13)9-10-16-14(17)15-3/h5-8,11H,4,9-10H2,1-3H3,(H2,15,16,17). The molecule has 17 heavy (non-hydrogen) atoms. The van der Waals surface area contributed by atoms with Gasteiger partial charge >= 0.3 is 6.03 Å². The molecule has 1 atom stereocenters. The Labute approximate surface area is 104 Å². The zero-order valence-electron chi connectivity index (χ0n) is 10.9. The average Bonchev–Trinajstić information content (AvgIpc) is 2.38. The van der Waals surface area contributed by atoms with E-state index in [-0.39, 0.29) is 6.03 Å². The summed E-state index contributed by atoms with van der Waals surface area (Å²) in [6, 6.07) is 8.54. The number of urea groups is 1. The molecule has 0 spiro atoms. The number of carbonyl (C=O) groups excluding carboxylic acids is 1. The van der Waals surface area contributed by atoms with Crippen molar-refractivity contribution in [1.82, 2.24) is 10.6 Å². The molecular formula is C14H22N2O. The van der Waals surface area contributed by atoms with Crippen LogP contribution >= 0.6 is 0 Å². The van der Waals surface area contributed by atoms with Crippen LogP contribution in [0.3, 0.4) is 0 Å². The second-order valence-electron chi connectivity index (χ2n) is 4.31. The van der Waals surface area contributed by atoms with Crippen molar-refractivity contribution < 1.29 is 4.79 Å². The summed E-state index contributed by atoms with van der Waals surface area (Å²) in [6.45, 7) is 5.11. The Morgan fingerprint density at radius 3 is 2.47 bits per heavy atom.